The van der Waals surface area contributed by atoms with Crippen molar-refractivity contribution in [2.24, 2.45) is 11.3 Å². The lowest BCUT2D eigenvalue weighted by atomic mass is 9.87. The van der Waals surface area contributed by atoms with Crippen LogP contribution in [0.25, 0.3) is 22.1 Å². The fourth-order valence-electron chi connectivity index (χ4n) is 5.06. The summed E-state index contributed by atoms with van der Waals surface area (Å²) < 4.78 is 28.8. The number of nitrogens with one attached hydrogen (secondary N) is 1. The summed E-state index contributed by atoms with van der Waals surface area (Å²) >= 11 is -2.51. The molecule has 42 heavy (non-hydrogen) atoms. The third-order valence-corrected chi connectivity index (χ3v) is 8.07. The zero-order chi connectivity index (χ0) is 30.8. The number of rotatable bonds is 10. The van der Waals surface area contributed by atoms with Crippen molar-refractivity contribution in [1.82, 2.24) is 0 Å². The summed E-state index contributed by atoms with van der Waals surface area (Å²) in [6, 6.07) is 18.9. The standard InChI is InChI=1S/C33H38N2O6S/c1-20(2)29(32(37)38)35(42(39)40)26-16-12-23(13-17-26)22-10-14-25(15-11-22)34-31(36)30-21(3)28-24(18-19-33(4,5)6)8-7-9-27(28)41-30/h7-17,20,29H,18-19H2,1-6H3,(H,34,36)(H,37,38)(H,39,40). The number of carbonyl (C=O) groups is 2. The lowest BCUT2D eigenvalue weighted by Crippen LogP contribution is -2.45. The molecule has 0 aliphatic heterocycles. The second kappa shape index (κ2) is 12.5. The van der Waals surface area contributed by atoms with E-state index in [9.17, 15) is 23.5 Å². The van der Waals surface area contributed by atoms with Gasteiger partial charge < -0.3 is 14.8 Å². The third-order valence-electron chi connectivity index (χ3n) is 7.29. The van der Waals surface area contributed by atoms with E-state index in [0.29, 0.717) is 22.7 Å². The van der Waals surface area contributed by atoms with Gasteiger partial charge in [0.2, 0.25) is 0 Å². The van der Waals surface area contributed by atoms with Gasteiger partial charge in [-0.2, -0.15) is 0 Å². The molecule has 2 atom stereocenters. The maximum Gasteiger partial charge on any atom is 0.327 e. The fourth-order valence-corrected chi connectivity index (χ4v) is 5.89. The number of aryl methyl sites for hydroxylation is 2. The van der Waals surface area contributed by atoms with Gasteiger partial charge in [0.15, 0.2) is 5.76 Å². The fraction of sp³-hybridized carbons (Fsp3) is 0.333. The molecule has 1 amide bonds. The van der Waals surface area contributed by atoms with Crippen LogP contribution >= 0.6 is 0 Å². The molecule has 9 heteroatoms. The molecule has 2 unspecified atom stereocenters. The molecule has 1 heterocycles. The highest BCUT2D eigenvalue weighted by Crippen LogP contribution is 2.32. The van der Waals surface area contributed by atoms with Crippen LogP contribution in [0.1, 0.15) is 62.7 Å². The number of amides is 1. The van der Waals surface area contributed by atoms with Crippen molar-refractivity contribution in [1.29, 1.82) is 0 Å². The van der Waals surface area contributed by atoms with E-state index < -0.39 is 23.3 Å². The van der Waals surface area contributed by atoms with Crippen molar-refractivity contribution in [3.63, 3.8) is 0 Å². The minimum atomic E-state index is -2.51. The van der Waals surface area contributed by atoms with E-state index in [2.05, 4.69) is 32.2 Å². The molecule has 0 radical (unpaired) electrons. The van der Waals surface area contributed by atoms with Crippen molar-refractivity contribution in [3.05, 3.63) is 83.6 Å². The lowest BCUT2D eigenvalue weighted by molar-refractivity contribution is -0.139. The van der Waals surface area contributed by atoms with Crippen LogP contribution in [0.5, 0.6) is 0 Å². The van der Waals surface area contributed by atoms with Crippen molar-refractivity contribution >= 4 is 45.5 Å². The van der Waals surface area contributed by atoms with Gasteiger partial charge in [-0.3, -0.25) is 13.7 Å². The number of carboxylic acids is 1. The summed E-state index contributed by atoms with van der Waals surface area (Å²) in [5, 5.41) is 13.5. The lowest BCUT2D eigenvalue weighted by Gasteiger charge is -2.29. The molecule has 0 aliphatic rings. The molecule has 0 fully saturated rings. The minimum absolute atomic E-state index is 0.200. The number of carbonyl (C=O) groups excluding carboxylic acids is 1. The van der Waals surface area contributed by atoms with Gasteiger partial charge in [0, 0.05) is 16.6 Å². The number of hydrogen-bond acceptors (Lipinski definition) is 4. The van der Waals surface area contributed by atoms with E-state index in [1.54, 1.807) is 50.2 Å². The second-order valence-corrected chi connectivity index (χ2v) is 12.9. The Bertz CT molecular complexity index is 1600. The summed E-state index contributed by atoms with van der Waals surface area (Å²) in [5.74, 6) is -1.59. The predicted molar refractivity (Wildman–Crippen MR) is 168 cm³/mol. The molecule has 0 bridgehead atoms. The van der Waals surface area contributed by atoms with Crippen LogP contribution in [0.3, 0.4) is 0 Å². The van der Waals surface area contributed by atoms with Crippen LogP contribution < -0.4 is 9.62 Å². The van der Waals surface area contributed by atoms with Gasteiger partial charge in [0.25, 0.3) is 17.2 Å². The Morgan fingerprint density at radius 2 is 1.57 bits per heavy atom. The molecule has 4 rings (SSSR count). The quantitative estimate of drug-likeness (QED) is 0.163. The molecule has 3 N–H and O–H groups in total. The highest BCUT2D eigenvalue weighted by Gasteiger charge is 2.32. The Balaban J connectivity index is 1.51. The van der Waals surface area contributed by atoms with E-state index in [4.69, 9.17) is 4.42 Å². The van der Waals surface area contributed by atoms with E-state index in [-0.39, 0.29) is 17.2 Å². The van der Waals surface area contributed by atoms with E-state index in [0.717, 1.165) is 39.2 Å². The minimum Gasteiger partial charge on any atom is -0.480 e. The van der Waals surface area contributed by atoms with E-state index in [1.807, 2.05) is 31.2 Å². The van der Waals surface area contributed by atoms with E-state index >= 15 is 0 Å². The molecule has 4 aromatic rings. The smallest absolute Gasteiger partial charge is 0.327 e. The zero-order valence-corrected chi connectivity index (χ0v) is 25.6. The molecule has 0 aliphatic carbocycles. The Morgan fingerprint density at radius 1 is 0.976 bits per heavy atom. The Hall–Kier alpha value is -3.95. The first kappa shape index (κ1) is 31.0. The van der Waals surface area contributed by atoms with Gasteiger partial charge in [-0.15, -0.1) is 0 Å². The normalized spacial score (nSPS) is 13.2. The van der Waals surface area contributed by atoms with Crippen LogP contribution in [-0.4, -0.2) is 31.8 Å². The predicted octanol–water partition coefficient (Wildman–Crippen LogP) is 7.69. The first-order chi connectivity index (χ1) is 19.8. The van der Waals surface area contributed by atoms with Gasteiger partial charge in [0.05, 0.1) is 5.69 Å². The van der Waals surface area contributed by atoms with Gasteiger partial charge in [-0.1, -0.05) is 71.0 Å². The summed E-state index contributed by atoms with van der Waals surface area (Å²) in [5.41, 5.74) is 5.52. The summed E-state index contributed by atoms with van der Waals surface area (Å²) in [6.07, 6.45) is 1.92. The van der Waals surface area contributed by atoms with Crippen LogP contribution in [0.2, 0.25) is 0 Å². The number of carboxylic acid groups (broad SMARTS) is 1. The highest BCUT2D eigenvalue weighted by atomic mass is 32.2. The first-order valence-electron chi connectivity index (χ1n) is 13.9. The van der Waals surface area contributed by atoms with Crippen molar-refractivity contribution in [2.75, 3.05) is 9.62 Å². The van der Waals surface area contributed by atoms with Crippen molar-refractivity contribution < 1.29 is 27.9 Å². The average Bonchev–Trinajstić information content (AvgIpc) is 3.27. The number of aliphatic carboxylic acids is 1. The number of nitrogens with zero attached hydrogens (tertiary/aromatic N) is 1. The molecule has 1 aromatic heterocycles. The topological polar surface area (TPSA) is 120 Å². The summed E-state index contributed by atoms with van der Waals surface area (Å²) in [4.78, 5) is 25.0. The summed E-state index contributed by atoms with van der Waals surface area (Å²) in [6.45, 7) is 11.9. The molecule has 0 spiro atoms. The Kier molecular flexibility index (Phi) is 9.23. The average molecular weight is 591 g/mol. The van der Waals surface area contributed by atoms with Gasteiger partial charge in [0.1, 0.15) is 11.6 Å². The molecule has 0 saturated heterocycles. The highest BCUT2D eigenvalue weighted by molar-refractivity contribution is 7.80. The number of benzene rings is 3. The van der Waals surface area contributed by atoms with E-state index in [1.165, 1.54) is 5.56 Å². The van der Waals surface area contributed by atoms with Crippen molar-refractivity contribution in [3.8, 4) is 11.1 Å². The van der Waals surface area contributed by atoms with Gasteiger partial charge in [-0.05, 0) is 78.1 Å². The van der Waals surface area contributed by atoms with Gasteiger partial charge >= 0.3 is 5.97 Å². The number of fused-ring (bicyclic) bond motifs is 1. The number of furan rings is 1. The van der Waals surface area contributed by atoms with Crippen LogP contribution in [-0.2, 0) is 22.5 Å². The Labute approximate surface area is 249 Å². The number of hydrogen-bond donors (Lipinski definition) is 3. The van der Waals surface area contributed by atoms with Crippen LogP contribution in [0.15, 0.2) is 71.1 Å². The molecular weight excluding hydrogens is 552 g/mol. The van der Waals surface area contributed by atoms with Crippen molar-refractivity contribution in [2.45, 2.75) is 60.4 Å². The maximum atomic E-state index is 13.2. The summed E-state index contributed by atoms with van der Waals surface area (Å²) in [7, 11) is 0. The zero-order valence-electron chi connectivity index (χ0n) is 24.8. The Morgan fingerprint density at radius 3 is 2.10 bits per heavy atom. The van der Waals surface area contributed by atoms with Crippen LogP contribution in [0.4, 0.5) is 11.4 Å². The largest absolute Gasteiger partial charge is 0.480 e. The third kappa shape index (κ3) is 6.91. The molecule has 3 aromatic carbocycles. The second-order valence-electron chi connectivity index (χ2n) is 12.1. The first-order valence-corrected chi connectivity index (χ1v) is 15.0. The monoisotopic (exact) mass is 590 g/mol. The molecular formula is C33H38N2O6S. The molecule has 0 saturated carbocycles. The van der Waals surface area contributed by atoms with Gasteiger partial charge in [-0.25, -0.2) is 9.00 Å². The van der Waals surface area contributed by atoms with Crippen LogP contribution in [0, 0.1) is 18.3 Å². The molecule has 222 valence electrons. The SMILES string of the molecule is Cc1c(C(=O)Nc2ccc(-c3ccc(N(C(C(=O)O)C(C)C)S(=O)O)cc3)cc2)oc2cccc(CCC(C)(C)C)c12. The maximum absolute atomic E-state index is 13.2. The number of anilines is 2. The molecule has 8 nitrogen and oxygen atoms in total.